The van der Waals surface area contributed by atoms with Crippen LogP contribution >= 0.6 is 0 Å². The van der Waals surface area contributed by atoms with E-state index in [1.54, 1.807) is 7.11 Å². The van der Waals surface area contributed by atoms with Gasteiger partial charge in [-0.25, -0.2) is 0 Å². The van der Waals surface area contributed by atoms with Crippen LogP contribution in [0.3, 0.4) is 0 Å². The van der Waals surface area contributed by atoms with Gasteiger partial charge in [-0.1, -0.05) is 55.5 Å². The Morgan fingerprint density at radius 3 is 2.30 bits per heavy atom. The van der Waals surface area contributed by atoms with Gasteiger partial charge in [-0.05, 0) is 95.9 Å². The summed E-state index contributed by atoms with van der Waals surface area (Å²) in [7, 11) is 1.74. The first-order chi connectivity index (χ1) is 16.2. The second-order valence-corrected chi connectivity index (χ2v) is 9.20. The minimum Gasteiger partial charge on any atom is -0.497 e. The fraction of sp³-hybridized carbons (Fsp3) is 0.333. The molecule has 170 valence electrons. The van der Waals surface area contributed by atoms with Crippen LogP contribution in [0.5, 0.6) is 11.5 Å². The van der Waals surface area contributed by atoms with E-state index in [1.807, 2.05) is 0 Å². The highest BCUT2D eigenvalue weighted by molar-refractivity contribution is 6.01. The van der Waals surface area contributed by atoms with Crippen molar-refractivity contribution in [2.75, 3.05) is 33.4 Å². The molecule has 1 saturated heterocycles. The average molecular weight is 440 g/mol. The molecule has 0 radical (unpaired) electrons. The number of ether oxygens (including phenoxy) is 2. The van der Waals surface area contributed by atoms with Crippen molar-refractivity contribution in [3.05, 3.63) is 95.1 Å². The van der Waals surface area contributed by atoms with Crippen LogP contribution in [0.15, 0.2) is 72.8 Å². The summed E-state index contributed by atoms with van der Waals surface area (Å²) in [4.78, 5) is 2.49. The smallest absolute Gasteiger partial charge is 0.119 e. The summed E-state index contributed by atoms with van der Waals surface area (Å²) < 4.78 is 11.6. The van der Waals surface area contributed by atoms with Crippen molar-refractivity contribution < 1.29 is 9.47 Å². The molecule has 1 fully saturated rings. The maximum Gasteiger partial charge on any atom is 0.119 e. The van der Waals surface area contributed by atoms with Gasteiger partial charge in [-0.3, -0.25) is 4.90 Å². The molecule has 33 heavy (non-hydrogen) atoms. The summed E-state index contributed by atoms with van der Waals surface area (Å²) >= 11 is 0. The monoisotopic (exact) mass is 439 g/mol. The van der Waals surface area contributed by atoms with Crippen LogP contribution in [0.4, 0.5) is 0 Å². The predicted octanol–water partition coefficient (Wildman–Crippen LogP) is 6.64. The zero-order valence-electron chi connectivity index (χ0n) is 19.7. The number of fused-ring (bicyclic) bond motifs is 1. The molecule has 1 atom stereocenters. The van der Waals surface area contributed by atoms with Crippen molar-refractivity contribution in [1.29, 1.82) is 0 Å². The number of methoxy groups -OCH3 is 1. The third-order valence-electron chi connectivity index (χ3n) is 7.01. The van der Waals surface area contributed by atoms with Gasteiger partial charge in [0, 0.05) is 6.54 Å². The molecule has 1 aliphatic carbocycles. The lowest BCUT2D eigenvalue weighted by Gasteiger charge is -2.29. The fourth-order valence-electron chi connectivity index (χ4n) is 5.23. The van der Waals surface area contributed by atoms with Crippen LogP contribution in [0, 0.1) is 0 Å². The summed E-state index contributed by atoms with van der Waals surface area (Å²) in [5, 5.41) is 0. The normalized spacial score (nSPS) is 18.3. The van der Waals surface area contributed by atoms with Gasteiger partial charge in [0.05, 0.1) is 7.11 Å². The van der Waals surface area contributed by atoms with Gasteiger partial charge in [0.25, 0.3) is 0 Å². The van der Waals surface area contributed by atoms with Crippen molar-refractivity contribution in [2.45, 2.75) is 32.1 Å². The molecule has 3 heteroatoms. The van der Waals surface area contributed by atoms with E-state index in [-0.39, 0.29) is 0 Å². The topological polar surface area (TPSA) is 21.7 Å². The van der Waals surface area contributed by atoms with Crippen LogP contribution in [0.2, 0.25) is 0 Å². The van der Waals surface area contributed by atoms with Crippen LogP contribution in [-0.2, 0) is 0 Å². The van der Waals surface area contributed by atoms with E-state index >= 15 is 0 Å². The quantitative estimate of drug-likeness (QED) is 0.412. The number of benzene rings is 3. The summed E-state index contributed by atoms with van der Waals surface area (Å²) in [6.07, 6.45) is 3.65. The molecule has 0 saturated carbocycles. The van der Waals surface area contributed by atoms with E-state index in [9.17, 15) is 0 Å². The van der Waals surface area contributed by atoms with Gasteiger partial charge < -0.3 is 9.47 Å². The molecule has 0 aromatic heterocycles. The Labute approximate surface area is 197 Å². The maximum atomic E-state index is 6.06. The lowest BCUT2D eigenvalue weighted by Crippen LogP contribution is -2.25. The largest absolute Gasteiger partial charge is 0.497 e. The molecule has 1 aliphatic heterocycles. The van der Waals surface area contributed by atoms with Gasteiger partial charge >= 0.3 is 0 Å². The molecule has 3 nitrogen and oxygen atoms in total. The Morgan fingerprint density at radius 2 is 1.58 bits per heavy atom. The maximum absolute atomic E-state index is 6.06. The van der Waals surface area contributed by atoms with E-state index in [4.69, 9.17) is 9.47 Å². The van der Waals surface area contributed by atoms with Crippen LogP contribution in [0.1, 0.15) is 54.4 Å². The Kier molecular flexibility index (Phi) is 6.50. The second-order valence-electron chi connectivity index (χ2n) is 9.20. The van der Waals surface area contributed by atoms with E-state index < -0.39 is 0 Å². The molecule has 3 aromatic rings. The Bertz CT molecular complexity index is 1110. The molecule has 0 amide bonds. The van der Waals surface area contributed by atoms with E-state index in [1.165, 1.54) is 59.3 Å². The van der Waals surface area contributed by atoms with Crippen LogP contribution < -0.4 is 9.47 Å². The third-order valence-corrected chi connectivity index (χ3v) is 7.01. The summed E-state index contributed by atoms with van der Waals surface area (Å²) in [6, 6.07) is 26.0. The third kappa shape index (κ3) is 4.69. The number of nitrogens with zero attached hydrogens (tertiary/aromatic N) is 1. The first kappa shape index (κ1) is 21.8. The van der Waals surface area contributed by atoms with Crippen molar-refractivity contribution in [3.8, 4) is 11.5 Å². The van der Waals surface area contributed by atoms with E-state index in [0.717, 1.165) is 31.1 Å². The lowest BCUT2D eigenvalue weighted by atomic mass is 9.75. The fourth-order valence-corrected chi connectivity index (χ4v) is 5.23. The summed E-state index contributed by atoms with van der Waals surface area (Å²) in [5.74, 6) is 2.30. The number of rotatable bonds is 7. The number of allylic oxidation sites excluding steroid dienone is 1. The minimum atomic E-state index is 0.433. The van der Waals surface area contributed by atoms with Gasteiger partial charge in [-0.2, -0.15) is 0 Å². The zero-order valence-corrected chi connectivity index (χ0v) is 19.7. The predicted molar refractivity (Wildman–Crippen MR) is 136 cm³/mol. The molecule has 0 bridgehead atoms. The Hall–Kier alpha value is -3.04. The SMILES string of the molecule is COc1ccc2c(c1)C(C)CC(c1ccccc1)=C2c1ccc(OCCN2CCCC2)cc1. The van der Waals surface area contributed by atoms with Crippen LogP contribution in [0.25, 0.3) is 11.1 Å². The molecule has 2 aliphatic rings. The highest BCUT2D eigenvalue weighted by Crippen LogP contribution is 2.46. The van der Waals surface area contributed by atoms with E-state index in [2.05, 4.69) is 84.6 Å². The number of hydrogen-bond acceptors (Lipinski definition) is 3. The number of hydrogen-bond donors (Lipinski definition) is 0. The molecule has 3 aromatic carbocycles. The molecule has 1 heterocycles. The second kappa shape index (κ2) is 9.84. The van der Waals surface area contributed by atoms with Crippen molar-refractivity contribution in [3.63, 3.8) is 0 Å². The Morgan fingerprint density at radius 1 is 0.848 bits per heavy atom. The molecule has 0 spiro atoms. The van der Waals surface area contributed by atoms with Gasteiger partial charge in [-0.15, -0.1) is 0 Å². The lowest BCUT2D eigenvalue weighted by molar-refractivity contribution is 0.238. The number of likely N-dealkylation sites (tertiary alicyclic amines) is 1. The molecule has 0 N–H and O–H groups in total. The first-order valence-corrected chi connectivity index (χ1v) is 12.2. The Balaban J connectivity index is 1.47. The van der Waals surface area contributed by atoms with Gasteiger partial charge in [0.1, 0.15) is 18.1 Å². The van der Waals surface area contributed by atoms with Crippen LogP contribution in [-0.4, -0.2) is 38.3 Å². The standard InChI is InChI=1S/C30H33NO2/c1-22-20-29(23-8-4-3-5-9-23)30(27-15-14-26(32-2)21-28(22)27)24-10-12-25(13-11-24)33-19-18-31-16-6-7-17-31/h3-5,8-15,21-22H,6-7,16-20H2,1-2H3. The summed E-state index contributed by atoms with van der Waals surface area (Å²) in [6.45, 7) is 6.49. The van der Waals surface area contributed by atoms with Gasteiger partial charge in [0.2, 0.25) is 0 Å². The summed E-state index contributed by atoms with van der Waals surface area (Å²) in [5.41, 5.74) is 7.92. The zero-order chi connectivity index (χ0) is 22.6. The molecular weight excluding hydrogens is 406 g/mol. The average Bonchev–Trinajstić information content (AvgIpc) is 3.38. The van der Waals surface area contributed by atoms with Crippen molar-refractivity contribution in [2.24, 2.45) is 0 Å². The highest BCUT2D eigenvalue weighted by atomic mass is 16.5. The first-order valence-electron chi connectivity index (χ1n) is 12.2. The van der Waals surface area contributed by atoms with E-state index in [0.29, 0.717) is 5.92 Å². The molecule has 1 unspecified atom stereocenters. The van der Waals surface area contributed by atoms with Crippen molar-refractivity contribution in [1.82, 2.24) is 4.90 Å². The highest BCUT2D eigenvalue weighted by Gasteiger charge is 2.26. The minimum absolute atomic E-state index is 0.433. The molecular formula is C30H33NO2. The molecule has 5 rings (SSSR count). The van der Waals surface area contributed by atoms with Gasteiger partial charge in [0.15, 0.2) is 0 Å². The van der Waals surface area contributed by atoms with Crippen molar-refractivity contribution >= 4 is 11.1 Å².